The first-order valence-corrected chi connectivity index (χ1v) is 4.26. The van der Waals surface area contributed by atoms with Crippen molar-refractivity contribution < 1.29 is 20.4 Å². The Hall–Kier alpha value is -0.160. The van der Waals surface area contributed by atoms with Gasteiger partial charge in [0.1, 0.15) is 0 Å². The molecule has 0 rings (SSSR count). The van der Waals surface area contributed by atoms with E-state index in [1.54, 1.807) is 0 Å². The van der Waals surface area contributed by atoms with Gasteiger partial charge in [0.05, 0.1) is 0 Å². The molecule has 0 atom stereocenters. The number of unbranched alkanes of at least 4 members (excludes halogenated alkanes) is 1. The molecular formula is C8H20O4. The first-order chi connectivity index (χ1) is 5.68. The normalized spacial score (nSPS) is 9.50. The summed E-state index contributed by atoms with van der Waals surface area (Å²) in [6.45, 7) is 2.29. The molecule has 12 heavy (non-hydrogen) atoms. The van der Waals surface area contributed by atoms with Crippen molar-refractivity contribution >= 4 is 0 Å². The molecule has 4 N–H and O–H groups in total. The van der Waals surface area contributed by atoms with Crippen molar-refractivity contribution in [2.24, 2.45) is 0 Å². The summed E-state index contributed by atoms with van der Waals surface area (Å²) in [6, 6.07) is 0. The highest BCUT2D eigenvalue weighted by molar-refractivity contribution is 4.31. The second-order valence-corrected chi connectivity index (χ2v) is 2.42. The average molecular weight is 180 g/mol. The van der Waals surface area contributed by atoms with Gasteiger partial charge in [-0.25, -0.2) is 0 Å². The Balaban J connectivity index is 0. The van der Waals surface area contributed by atoms with Gasteiger partial charge >= 0.3 is 0 Å². The lowest BCUT2D eigenvalue weighted by Gasteiger charge is -1.94. The highest BCUT2D eigenvalue weighted by Crippen LogP contribution is 1.88. The Morgan fingerprint density at radius 1 is 1.00 bits per heavy atom. The van der Waals surface area contributed by atoms with Crippen LogP contribution in [0.25, 0.3) is 0 Å². The van der Waals surface area contributed by atoms with Crippen LogP contribution in [0, 0.1) is 0 Å². The van der Waals surface area contributed by atoms with Crippen molar-refractivity contribution in [3.63, 3.8) is 0 Å². The molecule has 0 spiro atoms. The Kier molecular flexibility index (Phi) is 16.1. The molecule has 0 aliphatic rings. The van der Waals surface area contributed by atoms with E-state index in [-0.39, 0.29) is 13.2 Å². The van der Waals surface area contributed by atoms with Crippen molar-refractivity contribution in [1.82, 2.24) is 0 Å². The standard InChI is InChI=1S/2C4H10O2/c1-2-3-4(5)6;5-3-1-2-4-6/h4-6H,2-3H2,1H3;5-6H,1-4H2. The van der Waals surface area contributed by atoms with Gasteiger partial charge in [-0.2, -0.15) is 0 Å². The van der Waals surface area contributed by atoms with Crippen molar-refractivity contribution in [3.8, 4) is 0 Å². The topological polar surface area (TPSA) is 80.9 Å². The number of hydrogen-bond donors (Lipinski definition) is 4. The molecule has 76 valence electrons. The molecular weight excluding hydrogens is 160 g/mol. The zero-order valence-electron chi connectivity index (χ0n) is 7.61. The summed E-state index contributed by atoms with van der Waals surface area (Å²) in [5.74, 6) is 0. The Morgan fingerprint density at radius 3 is 1.50 bits per heavy atom. The van der Waals surface area contributed by atoms with Crippen LogP contribution < -0.4 is 0 Å². The zero-order chi connectivity index (χ0) is 9.82. The molecule has 0 bridgehead atoms. The Morgan fingerprint density at radius 2 is 1.42 bits per heavy atom. The summed E-state index contributed by atoms with van der Waals surface area (Å²) < 4.78 is 0. The maximum absolute atomic E-state index is 8.11. The number of aliphatic hydroxyl groups excluding tert-OH is 3. The number of hydrogen-bond acceptors (Lipinski definition) is 4. The minimum absolute atomic E-state index is 0.195. The molecule has 0 radical (unpaired) electrons. The van der Waals surface area contributed by atoms with Gasteiger partial charge in [0, 0.05) is 13.2 Å². The van der Waals surface area contributed by atoms with E-state index >= 15 is 0 Å². The van der Waals surface area contributed by atoms with E-state index in [4.69, 9.17) is 20.4 Å². The third-order valence-corrected chi connectivity index (χ3v) is 1.11. The van der Waals surface area contributed by atoms with Gasteiger partial charge in [0.25, 0.3) is 0 Å². The molecule has 0 saturated carbocycles. The number of aliphatic hydroxyl groups is 4. The predicted molar refractivity (Wildman–Crippen MR) is 46.5 cm³/mol. The third-order valence-electron chi connectivity index (χ3n) is 1.11. The van der Waals surface area contributed by atoms with Gasteiger partial charge in [-0.3, -0.25) is 0 Å². The van der Waals surface area contributed by atoms with E-state index in [9.17, 15) is 0 Å². The smallest absolute Gasteiger partial charge is 0.151 e. The van der Waals surface area contributed by atoms with E-state index in [1.165, 1.54) is 0 Å². The number of rotatable bonds is 5. The molecule has 0 aliphatic heterocycles. The fourth-order valence-electron chi connectivity index (χ4n) is 0.482. The van der Waals surface area contributed by atoms with Crippen LogP contribution in [-0.2, 0) is 0 Å². The van der Waals surface area contributed by atoms with Crippen LogP contribution in [0.4, 0.5) is 0 Å². The highest BCUT2D eigenvalue weighted by atomic mass is 16.5. The molecule has 0 saturated heterocycles. The van der Waals surface area contributed by atoms with Crippen molar-refractivity contribution in [2.75, 3.05) is 13.2 Å². The largest absolute Gasteiger partial charge is 0.396 e. The lowest BCUT2D eigenvalue weighted by atomic mass is 10.3. The second-order valence-electron chi connectivity index (χ2n) is 2.42. The average Bonchev–Trinajstić information content (AvgIpc) is 2.02. The van der Waals surface area contributed by atoms with Gasteiger partial charge in [-0.1, -0.05) is 13.3 Å². The molecule has 0 aliphatic carbocycles. The summed E-state index contributed by atoms with van der Waals surface area (Å²) >= 11 is 0. The van der Waals surface area contributed by atoms with Crippen LogP contribution in [-0.4, -0.2) is 39.9 Å². The quantitative estimate of drug-likeness (QED) is 0.350. The molecule has 0 aromatic carbocycles. The van der Waals surface area contributed by atoms with E-state index < -0.39 is 6.29 Å². The van der Waals surface area contributed by atoms with Gasteiger partial charge in [-0.05, 0) is 19.3 Å². The van der Waals surface area contributed by atoms with Gasteiger partial charge in [0.15, 0.2) is 6.29 Å². The molecule has 0 fully saturated rings. The molecule has 0 heterocycles. The van der Waals surface area contributed by atoms with Crippen molar-refractivity contribution in [1.29, 1.82) is 0 Å². The first-order valence-electron chi connectivity index (χ1n) is 4.26. The summed E-state index contributed by atoms with van der Waals surface area (Å²) in [5, 5.41) is 32.4. The van der Waals surface area contributed by atoms with E-state index in [0.29, 0.717) is 6.42 Å². The summed E-state index contributed by atoms with van der Waals surface area (Å²) in [5.41, 5.74) is 0. The SMILES string of the molecule is CCCC(O)O.OCCCCO. The molecule has 0 aromatic heterocycles. The summed E-state index contributed by atoms with van der Waals surface area (Å²) in [6.07, 6.45) is 1.65. The maximum atomic E-state index is 8.11. The maximum Gasteiger partial charge on any atom is 0.151 e. The van der Waals surface area contributed by atoms with E-state index in [1.807, 2.05) is 6.92 Å². The lowest BCUT2D eigenvalue weighted by Crippen LogP contribution is -2.01. The van der Waals surface area contributed by atoms with Crippen LogP contribution in [0.1, 0.15) is 32.6 Å². The predicted octanol–water partition coefficient (Wildman–Crippen LogP) is -0.152. The summed E-state index contributed by atoms with van der Waals surface area (Å²) in [4.78, 5) is 0. The monoisotopic (exact) mass is 180 g/mol. The van der Waals surface area contributed by atoms with E-state index in [2.05, 4.69) is 0 Å². The first kappa shape index (κ1) is 14.4. The third kappa shape index (κ3) is 22.5. The Bertz CT molecular complexity index is 62.1. The fraction of sp³-hybridized carbons (Fsp3) is 1.00. The summed E-state index contributed by atoms with van der Waals surface area (Å²) in [7, 11) is 0. The van der Waals surface area contributed by atoms with Gasteiger partial charge in [0.2, 0.25) is 0 Å². The van der Waals surface area contributed by atoms with Gasteiger partial charge < -0.3 is 20.4 Å². The highest BCUT2D eigenvalue weighted by Gasteiger charge is 1.89. The molecule has 4 heteroatoms. The second kappa shape index (κ2) is 13.4. The van der Waals surface area contributed by atoms with Crippen LogP contribution in [0.15, 0.2) is 0 Å². The van der Waals surface area contributed by atoms with Crippen molar-refractivity contribution in [3.05, 3.63) is 0 Å². The van der Waals surface area contributed by atoms with Crippen LogP contribution >= 0.6 is 0 Å². The van der Waals surface area contributed by atoms with Crippen LogP contribution in [0.3, 0.4) is 0 Å². The van der Waals surface area contributed by atoms with Crippen LogP contribution in [0.2, 0.25) is 0 Å². The fourth-order valence-corrected chi connectivity index (χ4v) is 0.482. The molecule has 0 aromatic rings. The molecule has 4 nitrogen and oxygen atoms in total. The minimum atomic E-state index is -1.10. The lowest BCUT2D eigenvalue weighted by molar-refractivity contribution is -0.0453. The van der Waals surface area contributed by atoms with E-state index in [0.717, 1.165) is 19.3 Å². The van der Waals surface area contributed by atoms with Crippen molar-refractivity contribution in [2.45, 2.75) is 38.9 Å². The Labute approximate surface area is 73.5 Å². The zero-order valence-corrected chi connectivity index (χ0v) is 7.61. The van der Waals surface area contributed by atoms with Crippen LogP contribution in [0.5, 0.6) is 0 Å². The molecule has 0 amide bonds. The minimum Gasteiger partial charge on any atom is -0.396 e. The van der Waals surface area contributed by atoms with Gasteiger partial charge in [-0.15, -0.1) is 0 Å². The molecule has 0 unspecified atom stereocenters.